The molecule has 1 aliphatic rings. The van der Waals surface area contributed by atoms with Crippen LogP contribution < -0.4 is 20.7 Å². The molecule has 4 amide bonds. The molecule has 0 spiro atoms. The summed E-state index contributed by atoms with van der Waals surface area (Å²) in [6, 6.07) is 34.2. The lowest BCUT2D eigenvalue weighted by molar-refractivity contribution is -0.136. The number of likely N-dealkylation sites (N-methyl/N-ethyl adjacent to an activating group) is 1. The topological polar surface area (TPSA) is 117 Å². The van der Waals surface area contributed by atoms with E-state index < -0.39 is 29.8 Å². The van der Waals surface area contributed by atoms with Gasteiger partial charge in [-0.3, -0.25) is 19.2 Å². The molecule has 1 aliphatic heterocycles. The lowest BCUT2D eigenvalue weighted by Crippen LogP contribution is -2.53. The van der Waals surface area contributed by atoms with Crippen LogP contribution in [0.5, 0.6) is 5.75 Å². The largest absolute Gasteiger partial charge is 0.491 e. The summed E-state index contributed by atoms with van der Waals surface area (Å²) in [5, 5.41) is 8.54. The summed E-state index contributed by atoms with van der Waals surface area (Å²) in [6.07, 6.45) is 0.510. The van der Waals surface area contributed by atoms with Crippen LogP contribution in [0.4, 0.5) is 0 Å². The molecule has 1 heterocycles. The molecule has 0 aliphatic carbocycles. The van der Waals surface area contributed by atoms with Gasteiger partial charge in [-0.15, -0.1) is 0 Å². The van der Waals surface area contributed by atoms with E-state index in [-0.39, 0.29) is 43.4 Å². The van der Waals surface area contributed by atoms with Crippen LogP contribution in [0.15, 0.2) is 115 Å². The highest BCUT2D eigenvalue weighted by atomic mass is 16.5. The van der Waals surface area contributed by atoms with Crippen molar-refractivity contribution in [3.8, 4) is 5.75 Å². The normalized spacial score (nSPS) is 17.5. The summed E-state index contributed by atoms with van der Waals surface area (Å²) in [4.78, 5) is 55.7. The van der Waals surface area contributed by atoms with Gasteiger partial charge in [-0.25, -0.2) is 0 Å². The van der Waals surface area contributed by atoms with E-state index in [1.165, 1.54) is 4.90 Å². The number of rotatable bonds is 8. The molecule has 3 N–H and O–H groups in total. The number of hydrogen-bond acceptors (Lipinski definition) is 5. The van der Waals surface area contributed by atoms with Gasteiger partial charge in [-0.05, 0) is 35.2 Å². The van der Waals surface area contributed by atoms with Gasteiger partial charge in [0, 0.05) is 25.9 Å². The standard InChI is InChI=1S/C38H40N4O5/c1-42-23-24-47-34-20-12-11-19-31(34)36(44)41-32(26-35(43)40-33(38(42)46)25-27-13-5-2-6-14-27)37(45)39-22-21-30(28-15-7-3-8-16-28)29-17-9-4-10-18-29/h2-20,30,32-33H,21-26H2,1H3,(H,39,45)(H,40,43)(H,41,44)/t32-,33+/m0/s1. The summed E-state index contributed by atoms with van der Waals surface area (Å²) < 4.78 is 5.92. The first-order valence-corrected chi connectivity index (χ1v) is 15.9. The van der Waals surface area contributed by atoms with Crippen LogP contribution in [0.3, 0.4) is 0 Å². The number of fused-ring (bicyclic) bond motifs is 1. The van der Waals surface area contributed by atoms with Crippen molar-refractivity contribution in [1.82, 2.24) is 20.9 Å². The molecule has 0 bridgehead atoms. The fourth-order valence-corrected chi connectivity index (χ4v) is 5.74. The molecule has 0 unspecified atom stereocenters. The Morgan fingerprint density at radius 2 is 1.43 bits per heavy atom. The highest BCUT2D eigenvalue weighted by molar-refractivity contribution is 6.01. The van der Waals surface area contributed by atoms with E-state index in [2.05, 4.69) is 40.2 Å². The zero-order valence-electron chi connectivity index (χ0n) is 26.4. The summed E-state index contributed by atoms with van der Waals surface area (Å²) >= 11 is 0. The molecule has 9 nitrogen and oxygen atoms in total. The molecule has 0 saturated heterocycles. The van der Waals surface area contributed by atoms with Gasteiger partial charge in [0.15, 0.2) is 0 Å². The Labute approximate surface area is 275 Å². The number of carbonyl (C=O) groups excluding carboxylic acids is 4. The first-order valence-electron chi connectivity index (χ1n) is 15.9. The minimum atomic E-state index is -1.20. The van der Waals surface area contributed by atoms with Crippen molar-refractivity contribution in [2.75, 3.05) is 26.7 Å². The summed E-state index contributed by atoms with van der Waals surface area (Å²) in [7, 11) is 1.65. The van der Waals surface area contributed by atoms with Crippen LogP contribution in [0, 0.1) is 0 Å². The molecule has 4 aromatic carbocycles. The Morgan fingerprint density at radius 3 is 2.09 bits per heavy atom. The number of amides is 4. The molecule has 2 atom stereocenters. The van der Waals surface area contributed by atoms with Crippen molar-refractivity contribution >= 4 is 23.6 Å². The maximum Gasteiger partial charge on any atom is 0.255 e. The van der Waals surface area contributed by atoms with Gasteiger partial charge in [-0.1, -0.05) is 103 Å². The predicted molar refractivity (Wildman–Crippen MR) is 180 cm³/mol. The van der Waals surface area contributed by atoms with Crippen molar-refractivity contribution in [3.63, 3.8) is 0 Å². The lowest BCUT2D eigenvalue weighted by atomic mass is 9.88. The molecule has 4 aromatic rings. The number of hydrogen-bond donors (Lipinski definition) is 3. The van der Waals surface area contributed by atoms with Crippen LogP contribution in [-0.4, -0.2) is 67.4 Å². The molecular formula is C38H40N4O5. The van der Waals surface area contributed by atoms with Crippen molar-refractivity contribution in [2.45, 2.75) is 37.3 Å². The second kappa shape index (κ2) is 16.2. The van der Waals surface area contributed by atoms with Crippen LogP contribution in [0.1, 0.15) is 45.8 Å². The zero-order chi connectivity index (χ0) is 33.0. The lowest BCUT2D eigenvalue weighted by Gasteiger charge is -2.27. The molecule has 0 fully saturated rings. The Kier molecular flexibility index (Phi) is 11.4. The SMILES string of the molecule is CN1CCOc2ccccc2C(=O)N[C@H](C(=O)NCCC(c2ccccc2)c2ccccc2)CC(=O)N[C@H](Cc2ccccc2)C1=O. The molecule has 0 aromatic heterocycles. The number of nitrogens with zero attached hydrogens (tertiary/aromatic N) is 1. The maximum atomic E-state index is 13.7. The van der Waals surface area contributed by atoms with Gasteiger partial charge in [0.1, 0.15) is 24.4 Å². The monoisotopic (exact) mass is 632 g/mol. The Balaban J connectivity index is 1.36. The second-order valence-corrected chi connectivity index (χ2v) is 11.6. The summed E-state index contributed by atoms with van der Waals surface area (Å²) in [5.74, 6) is -1.49. The first kappa shape index (κ1) is 32.9. The number of nitrogens with one attached hydrogen (secondary N) is 3. The fraction of sp³-hybridized carbons (Fsp3) is 0.263. The molecule has 9 heteroatoms. The minimum Gasteiger partial charge on any atom is -0.491 e. The molecular weight excluding hydrogens is 592 g/mol. The predicted octanol–water partition coefficient (Wildman–Crippen LogP) is 4.09. The summed E-state index contributed by atoms with van der Waals surface area (Å²) in [5.41, 5.74) is 3.34. The number of ether oxygens (including phenoxy) is 1. The molecule has 242 valence electrons. The van der Waals surface area contributed by atoms with Gasteiger partial charge in [-0.2, -0.15) is 0 Å². The van der Waals surface area contributed by atoms with Crippen molar-refractivity contribution in [2.24, 2.45) is 0 Å². The Hall–Kier alpha value is -5.44. The first-order chi connectivity index (χ1) is 22.9. The van der Waals surface area contributed by atoms with Gasteiger partial charge in [0.2, 0.25) is 17.7 Å². The minimum absolute atomic E-state index is 0.0327. The van der Waals surface area contributed by atoms with Crippen molar-refractivity contribution in [3.05, 3.63) is 138 Å². The van der Waals surface area contributed by atoms with E-state index >= 15 is 0 Å². The maximum absolute atomic E-state index is 13.7. The van der Waals surface area contributed by atoms with Gasteiger partial charge < -0.3 is 25.6 Å². The number of benzene rings is 4. The molecule has 5 rings (SSSR count). The van der Waals surface area contributed by atoms with E-state index in [0.29, 0.717) is 18.7 Å². The number of para-hydroxylation sites is 1. The average Bonchev–Trinajstić information content (AvgIpc) is 3.10. The highest BCUT2D eigenvalue weighted by Crippen LogP contribution is 2.27. The Bertz CT molecular complexity index is 1610. The fourth-order valence-electron chi connectivity index (χ4n) is 5.74. The third kappa shape index (κ3) is 9.07. The van der Waals surface area contributed by atoms with Crippen LogP contribution in [-0.2, 0) is 20.8 Å². The van der Waals surface area contributed by atoms with Gasteiger partial charge >= 0.3 is 0 Å². The smallest absolute Gasteiger partial charge is 0.255 e. The van der Waals surface area contributed by atoms with Gasteiger partial charge in [0.05, 0.1) is 18.5 Å². The quantitative estimate of drug-likeness (QED) is 0.271. The van der Waals surface area contributed by atoms with Crippen molar-refractivity contribution in [1.29, 1.82) is 0 Å². The van der Waals surface area contributed by atoms with E-state index in [4.69, 9.17) is 4.74 Å². The summed E-state index contributed by atoms with van der Waals surface area (Å²) in [6.45, 7) is 0.682. The molecule has 0 saturated carbocycles. The van der Waals surface area contributed by atoms with E-state index in [9.17, 15) is 19.2 Å². The van der Waals surface area contributed by atoms with E-state index in [1.54, 1.807) is 31.3 Å². The third-order valence-electron chi connectivity index (χ3n) is 8.26. The third-order valence-corrected chi connectivity index (χ3v) is 8.26. The van der Waals surface area contributed by atoms with Crippen LogP contribution in [0.2, 0.25) is 0 Å². The van der Waals surface area contributed by atoms with Gasteiger partial charge in [0.25, 0.3) is 5.91 Å². The Morgan fingerprint density at radius 1 is 0.830 bits per heavy atom. The number of carbonyl (C=O) groups is 4. The molecule has 0 radical (unpaired) electrons. The van der Waals surface area contributed by atoms with E-state index in [1.807, 2.05) is 66.7 Å². The highest BCUT2D eigenvalue weighted by Gasteiger charge is 2.30. The van der Waals surface area contributed by atoms with Crippen molar-refractivity contribution < 1.29 is 23.9 Å². The second-order valence-electron chi connectivity index (χ2n) is 11.6. The van der Waals surface area contributed by atoms with E-state index in [0.717, 1.165) is 16.7 Å². The average molecular weight is 633 g/mol. The zero-order valence-corrected chi connectivity index (χ0v) is 26.4. The van der Waals surface area contributed by atoms with Crippen LogP contribution >= 0.6 is 0 Å². The van der Waals surface area contributed by atoms with Crippen LogP contribution in [0.25, 0.3) is 0 Å². The molecule has 47 heavy (non-hydrogen) atoms.